The van der Waals surface area contributed by atoms with Crippen LogP contribution in [0.3, 0.4) is 0 Å². The number of aryl methyl sites for hydroxylation is 1. The highest BCUT2D eigenvalue weighted by molar-refractivity contribution is 4.84. The summed E-state index contributed by atoms with van der Waals surface area (Å²) in [5.74, 6) is 3.29. The summed E-state index contributed by atoms with van der Waals surface area (Å²) in [6.07, 6.45) is 1.19. The zero-order valence-corrected chi connectivity index (χ0v) is 20.9. The normalized spacial score (nSPS) is 21.0. The second-order valence-electron chi connectivity index (χ2n) is 10.0. The van der Waals surface area contributed by atoms with Crippen LogP contribution in [0.15, 0.2) is 4.42 Å². The highest BCUT2D eigenvalue weighted by atomic mass is 16.4. The van der Waals surface area contributed by atoms with Crippen molar-refractivity contribution in [2.75, 3.05) is 59.4 Å². The number of likely N-dealkylation sites (tertiary alicyclic amines) is 1. The topological polar surface area (TPSA) is 74.7 Å². The molecule has 2 fully saturated rings. The summed E-state index contributed by atoms with van der Waals surface area (Å²) in [4.78, 5) is 7.41. The molecule has 7 nitrogen and oxygen atoms in total. The molecule has 1 unspecified atom stereocenters. The van der Waals surface area contributed by atoms with Crippen LogP contribution in [-0.4, -0.2) is 90.3 Å². The van der Waals surface area contributed by atoms with Gasteiger partial charge in [-0.05, 0) is 31.8 Å². The van der Waals surface area contributed by atoms with E-state index in [-0.39, 0.29) is 0 Å². The predicted molar refractivity (Wildman–Crippen MR) is 126 cm³/mol. The second-order valence-corrected chi connectivity index (χ2v) is 10.0. The average Bonchev–Trinajstić information content (AvgIpc) is 3.25. The second kappa shape index (κ2) is 14.1. The monoisotopic (exact) mass is 424 g/mol. The lowest BCUT2D eigenvalue weighted by molar-refractivity contribution is 0.141. The van der Waals surface area contributed by atoms with E-state index in [1.807, 2.05) is 13.8 Å². The third-order valence-electron chi connectivity index (χ3n) is 5.19. The van der Waals surface area contributed by atoms with Gasteiger partial charge in [0.05, 0.1) is 0 Å². The van der Waals surface area contributed by atoms with Crippen LogP contribution in [-0.2, 0) is 0 Å². The number of nitrogens with two attached hydrogens (primary N) is 1. The van der Waals surface area contributed by atoms with E-state index in [4.69, 9.17) is 10.2 Å². The number of hydrogen-bond acceptors (Lipinski definition) is 7. The van der Waals surface area contributed by atoms with Crippen LogP contribution in [0.4, 0.5) is 0 Å². The van der Waals surface area contributed by atoms with Gasteiger partial charge in [0.15, 0.2) is 0 Å². The largest absolute Gasteiger partial charge is 0.425 e. The van der Waals surface area contributed by atoms with Crippen LogP contribution >= 0.6 is 0 Å². The summed E-state index contributed by atoms with van der Waals surface area (Å²) in [5, 5.41) is 7.52. The maximum Gasteiger partial charge on any atom is 0.219 e. The van der Waals surface area contributed by atoms with Crippen molar-refractivity contribution in [3.63, 3.8) is 0 Å². The van der Waals surface area contributed by atoms with E-state index in [1.54, 1.807) is 6.92 Å². The van der Waals surface area contributed by atoms with Gasteiger partial charge in [-0.1, -0.05) is 41.5 Å². The third kappa shape index (κ3) is 12.0. The maximum absolute atomic E-state index is 5.76. The molecule has 176 valence electrons. The molecule has 7 heteroatoms. The van der Waals surface area contributed by atoms with E-state index in [0.29, 0.717) is 23.7 Å². The first-order valence-corrected chi connectivity index (χ1v) is 11.8. The molecule has 2 aliphatic rings. The minimum absolute atomic E-state index is 0.339. The fraction of sp³-hybridized carbons (Fsp3) is 0.913. The molecule has 1 aromatic rings. The summed E-state index contributed by atoms with van der Waals surface area (Å²) in [5.41, 5.74) is 5.76. The lowest BCUT2D eigenvalue weighted by Gasteiger charge is -2.33. The van der Waals surface area contributed by atoms with Gasteiger partial charge in [-0.15, -0.1) is 10.2 Å². The van der Waals surface area contributed by atoms with E-state index >= 15 is 0 Å². The number of rotatable bonds is 5. The van der Waals surface area contributed by atoms with Crippen LogP contribution in [0.1, 0.15) is 65.7 Å². The van der Waals surface area contributed by atoms with Crippen molar-refractivity contribution < 1.29 is 4.42 Å². The van der Waals surface area contributed by atoms with E-state index in [1.165, 1.54) is 52.2 Å². The molecule has 2 saturated heterocycles. The smallest absolute Gasteiger partial charge is 0.219 e. The molecule has 3 rings (SSSR count). The number of aromatic nitrogens is 2. The van der Waals surface area contributed by atoms with Crippen LogP contribution in [0.5, 0.6) is 0 Å². The minimum atomic E-state index is 0.339. The van der Waals surface area contributed by atoms with Crippen LogP contribution in [0.25, 0.3) is 0 Å². The van der Waals surface area contributed by atoms with Gasteiger partial charge in [0, 0.05) is 64.7 Å². The summed E-state index contributed by atoms with van der Waals surface area (Å²) < 4.78 is 5.12. The molecule has 0 amide bonds. The molecule has 2 aliphatic heterocycles. The third-order valence-corrected chi connectivity index (χ3v) is 5.19. The van der Waals surface area contributed by atoms with Gasteiger partial charge in [0.25, 0.3) is 0 Å². The molecular weight excluding hydrogens is 376 g/mol. The molecule has 3 heterocycles. The van der Waals surface area contributed by atoms with Crippen molar-refractivity contribution in [2.45, 2.75) is 66.8 Å². The van der Waals surface area contributed by atoms with Gasteiger partial charge >= 0.3 is 0 Å². The summed E-state index contributed by atoms with van der Waals surface area (Å²) in [6, 6.07) is 0.443. The van der Waals surface area contributed by atoms with Crippen LogP contribution < -0.4 is 5.73 Å². The van der Waals surface area contributed by atoms with Gasteiger partial charge in [0.2, 0.25) is 11.8 Å². The number of piperazine rings is 1. The Balaban J connectivity index is 0.000000226. The zero-order chi connectivity index (χ0) is 22.7. The lowest BCUT2D eigenvalue weighted by atomic mass is 10.2. The molecule has 0 spiro atoms. The first kappa shape index (κ1) is 27.0. The summed E-state index contributed by atoms with van der Waals surface area (Å²) in [7, 11) is 2.20. The van der Waals surface area contributed by atoms with E-state index < -0.39 is 0 Å². The molecule has 2 N–H and O–H groups in total. The van der Waals surface area contributed by atoms with E-state index in [0.717, 1.165) is 18.4 Å². The van der Waals surface area contributed by atoms with Crippen LogP contribution in [0.2, 0.25) is 0 Å². The van der Waals surface area contributed by atoms with Gasteiger partial charge in [0.1, 0.15) is 0 Å². The van der Waals surface area contributed by atoms with Crippen LogP contribution in [0, 0.1) is 18.8 Å². The fourth-order valence-electron chi connectivity index (χ4n) is 3.64. The molecule has 0 saturated carbocycles. The van der Waals surface area contributed by atoms with Gasteiger partial charge in [-0.25, -0.2) is 0 Å². The number of nitrogens with zero attached hydrogens (tertiary/aromatic N) is 5. The molecule has 1 aromatic heterocycles. The Kier molecular flexibility index (Phi) is 12.7. The Labute approximate surface area is 185 Å². The molecule has 30 heavy (non-hydrogen) atoms. The average molecular weight is 425 g/mol. The highest BCUT2D eigenvalue weighted by Gasteiger charge is 2.18. The Morgan fingerprint density at radius 1 is 0.900 bits per heavy atom. The van der Waals surface area contributed by atoms with E-state index in [2.05, 4.69) is 59.6 Å². The quantitative estimate of drug-likeness (QED) is 0.778. The molecule has 1 atom stereocenters. The van der Waals surface area contributed by atoms with Crippen molar-refractivity contribution in [3.8, 4) is 0 Å². The predicted octanol–water partition coefficient (Wildman–Crippen LogP) is 3.07. The van der Waals surface area contributed by atoms with Crippen molar-refractivity contribution in [1.29, 1.82) is 0 Å². The molecule has 0 aromatic carbocycles. The van der Waals surface area contributed by atoms with E-state index in [9.17, 15) is 0 Å². The highest BCUT2D eigenvalue weighted by Crippen LogP contribution is 2.10. The van der Waals surface area contributed by atoms with Crippen molar-refractivity contribution in [1.82, 2.24) is 24.9 Å². The lowest BCUT2D eigenvalue weighted by Crippen LogP contribution is -2.45. The van der Waals surface area contributed by atoms with Crippen molar-refractivity contribution in [3.05, 3.63) is 11.8 Å². The Hall–Kier alpha value is -1.02. The Bertz CT molecular complexity index is 552. The number of hydrogen-bond donors (Lipinski definition) is 1. The molecule has 0 aliphatic carbocycles. The standard InChI is InChI=1S/C9H20N2.C8H18N2.C6H10N2O/c1-9(2)8-11-6-4-10(3)5-7-11;1-7(2)5-10-4-3-8(9)6-10;1-4(2)6-8-7-5(3)9-6/h9H,4-8H2,1-3H3;7-8H,3-6,9H2,1-2H3;4H,1-3H3. The van der Waals surface area contributed by atoms with Gasteiger partial charge in [-0.2, -0.15) is 0 Å². The fourth-order valence-corrected chi connectivity index (χ4v) is 3.64. The SMILES string of the molecule is CC(C)CN1CCC(N)C1.CC(C)CN1CCN(C)CC1.Cc1nnc(C(C)C)o1. The first-order valence-electron chi connectivity index (χ1n) is 11.8. The summed E-state index contributed by atoms with van der Waals surface area (Å²) in [6.45, 7) is 24.7. The van der Waals surface area contributed by atoms with Gasteiger partial charge in [-0.3, -0.25) is 0 Å². The molecule has 0 radical (unpaired) electrons. The maximum atomic E-state index is 5.76. The van der Waals surface area contributed by atoms with Crippen molar-refractivity contribution >= 4 is 0 Å². The minimum Gasteiger partial charge on any atom is -0.425 e. The van der Waals surface area contributed by atoms with Gasteiger partial charge < -0.3 is 24.9 Å². The Morgan fingerprint density at radius 3 is 1.83 bits per heavy atom. The Morgan fingerprint density at radius 2 is 1.47 bits per heavy atom. The van der Waals surface area contributed by atoms with Crippen molar-refractivity contribution in [2.24, 2.45) is 17.6 Å². The first-order chi connectivity index (χ1) is 14.1. The summed E-state index contributed by atoms with van der Waals surface area (Å²) >= 11 is 0. The molecule has 0 bridgehead atoms. The zero-order valence-electron chi connectivity index (χ0n) is 20.9. The number of likely N-dealkylation sites (N-methyl/N-ethyl adjacent to an activating group) is 1. The molecular formula is C23H48N6O.